The third-order valence-electron chi connectivity index (χ3n) is 6.16. The summed E-state index contributed by atoms with van der Waals surface area (Å²) in [6.07, 6.45) is 1.65. The monoisotopic (exact) mass is 540 g/mol. The first-order valence-corrected chi connectivity index (χ1v) is 12.3. The van der Waals surface area contributed by atoms with E-state index in [9.17, 15) is 14.4 Å². The summed E-state index contributed by atoms with van der Waals surface area (Å²) in [5.74, 6) is 0.142. The third kappa shape index (κ3) is 5.13. The minimum Gasteiger partial charge on any atom is -0.494 e. The lowest BCUT2D eigenvalue weighted by Gasteiger charge is -2.17. The molecule has 2 aliphatic rings. The summed E-state index contributed by atoms with van der Waals surface area (Å²) in [6.45, 7) is 0.906. The Kier molecular flexibility index (Phi) is 7.06. The number of nitrogens with one attached hydrogen (secondary N) is 1. The highest BCUT2D eigenvalue weighted by Crippen LogP contribution is 2.34. The molecule has 1 N–H and O–H groups in total. The molecular weight excluding hydrogens is 519 g/mol. The van der Waals surface area contributed by atoms with E-state index in [-0.39, 0.29) is 40.1 Å². The predicted octanol–water partition coefficient (Wildman–Crippen LogP) is 5.82. The lowest BCUT2D eigenvalue weighted by atomic mass is 10.1. The lowest BCUT2D eigenvalue weighted by Crippen LogP contribution is -2.36. The molecule has 5 rings (SSSR count). The Labute approximate surface area is 223 Å². The van der Waals surface area contributed by atoms with Gasteiger partial charge in [0.2, 0.25) is 0 Å². The summed E-state index contributed by atoms with van der Waals surface area (Å²) in [7, 11) is 1.44. The van der Waals surface area contributed by atoms with Gasteiger partial charge in [0, 0.05) is 17.9 Å². The smallest absolute Gasteiger partial charge is 0.261 e. The van der Waals surface area contributed by atoms with Crippen LogP contribution in [-0.4, -0.2) is 49.0 Å². The number of rotatable bonds is 7. The molecule has 3 aromatic rings. The Morgan fingerprint density at radius 1 is 1.00 bits per heavy atom. The van der Waals surface area contributed by atoms with E-state index in [1.165, 1.54) is 24.1 Å². The van der Waals surface area contributed by atoms with Crippen LogP contribution < -0.4 is 14.8 Å². The molecule has 1 fully saturated rings. The molecule has 1 unspecified atom stereocenters. The van der Waals surface area contributed by atoms with Gasteiger partial charge < -0.3 is 19.5 Å². The highest BCUT2D eigenvalue weighted by Gasteiger charge is 2.37. The van der Waals surface area contributed by atoms with Gasteiger partial charge in [-0.05, 0) is 67.4 Å². The van der Waals surface area contributed by atoms with Crippen molar-refractivity contribution in [2.24, 2.45) is 0 Å². The topological polar surface area (TPSA) is 94.2 Å². The SMILES string of the molecule is COc1c(Cl)cc(C(=O)Nc2ccc(Oc3ccc4c(c3)C(=O)N(CC3CCCO3)C4=O)cc2)cc1Cl. The van der Waals surface area contributed by atoms with Gasteiger partial charge in [-0.2, -0.15) is 0 Å². The van der Waals surface area contributed by atoms with Crippen LogP contribution >= 0.6 is 23.2 Å². The van der Waals surface area contributed by atoms with Crippen LogP contribution in [0.3, 0.4) is 0 Å². The molecule has 0 saturated carbocycles. The van der Waals surface area contributed by atoms with Crippen molar-refractivity contribution in [1.82, 2.24) is 4.90 Å². The van der Waals surface area contributed by atoms with Crippen molar-refractivity contribution in [1.29, 1.82) is 0 Å². The van der Waals surface area contributed by atoms with Gasteiger partial charge >= 0.3 is 0 Å². The fraction of sp³-hybridized carbons (Fsp3) is 0.222. The van der Waals surface area contributed by atoms with Gasteiger partial charge in [0.1, 0.15) is 11.5 Å². The maximum atomic E-state index is 12.9. The van der Waals surface area contributed by atoms with E-state index in [1.807, 2.05) is 0 Å². The average molecular weight is 541 g/mol. The first kappa shape index (κ1) is 25.1. The van der Waals surface area contributed by atoms with Crippen LogP contribution in [0.15, 0.2) is 54.6 Å². The Morgan fingerprint density at radius 2 is 1.68 bits per heavy atom. The number of carbonyl (C=O) groups is 3. The number of hydrogen-bond acceptors (Lipinski definition) is 6. The van der Waals surface area contributed by atoms with Crippen molar-refractivity contribution < 1.29 is 28.6 Å². The largest absolute Gasteiger partial charge is 0.494 e. The minimum absolute atomic E-state index is 0.115. The maximum Gasteiger partial charge on any atom is 0.261 e. The fourth-order valence-electron chi connectivity index (χ4n) is 4.32. The van der Waals surface area contributed by atoms with Gasteiger partial charge in [0.15, 0.2) is 5.75 Å². The van der Waals surface area contributed by atoms with Crippen LogP contribution in [0.2, 0.25) is 10.0 Å². The Balaban J connectivity index is 1.24. The van der Waals surface area contributed by atoms with Gasteiger partial charge in [-0.3, -0.25) is 19.3 Å². The van der Waals surface area contributed by atoms with E-state index in [4.69, 9.17) is 37.4 Å². The second kappa shape index (κ2) is 10.4. The van der Waals surface area contributed by atoms with E-state index < -0.39 is 5.91 Å². The van der Waals surface area contributed by atoms with Crippen molar-refractivity contribution in [3.8, 4) is 17.2 Å². The molecule has 0 radical (unpaired) electrons. The normalized spacial score (nSPS) is 16.6. The molecule has 0 bridgehead atoms. The van der Waals surface area contributed by atoms with Crippen LogP contribution in [0.4, 0.5) is 5.69 Å². The summed E-state index contributed by atoms with van der Waals surface area (Å²) in [6, 6.07) is 14.4. The number of anilines is 1. The van der Waals surface area contributed by atoms with Crippen LogP contribution in [0, 0.1) is 0 Å². The second-order valence-electron chi connectivity index (χ2n) is 8.62. The number of methoxy groups -OCH3 is 1. The van der Waals surface area contributed by atoms with Crippen molar-refractivity contribution in [2.75, 3.05) is 25.6 Å². The van der Waals surface area contributed by atoms with Crippen LogP contribution in [0.25, 0.3) is 0 Å². The third-order valence-corrected chi connectivity index (χ3v) is 6.73. The highest BCUT2D eigenvalue weighted by atomic mass is 35.5. The minimum atomic E-state index is -0.394. The zero-order valence-corrected chi connectivity index (χ0v) is 21.3. The number of benzene rings is 3. The highest BCUT2D eigenvalue weighted by molar-refractivity contribution is 6.37. The predicted molar refractivity (Wildman–Crippen MR) is 138 cm³/mol. The van der Waals surface area contributed by atoms with E-state index in [0.29, 0.717) is 40.7 Å². The van der Waals surface area contributed by atoms with Crippen molar-refractivity contribution >= 4 is 46.6 Å². The first-order chi connectivity index (χ1) is 17.8. The second-order valence-corrected chi connectivity index (χ2v) is 9.43. The summed E-state index contributed by atoms with van der Waals surface area (Å²) in [4.78, 5) is 39.5. The Bertz CT molecular complexity index is 1360. The number of amides is 3. The molecule has 3 aromatic carbocycles. The number of ether oxygens (including phenoxy) is 3. The molecule has 37 heavy (non-hydrogen) atoms. The lowest BCUT2D eigenvalue weighted by molar-refractivity contribution is 0.0475. The standard InChI is InChI=1S/C27H22Cl2N2O6/c1-35-24-22(28)11-15(12-23(24)29)25(32)30-16-4-6-17(7-5-16)37-18-8-9-20-21(13-18)27(34)31(26(20)33)14-19-3-2-10-36-19/h4-9,11-13,19H,2-3,10,14H2,1H3,(H,30,32). The van der Waals surface area contributed by atoms with Crippen LogP contribution in [0.1, 0.15) is 43.9 Å². The van der Waals surface area contributed by atoms with Crippen molar-refractivity contribution in [3.63, 3.8) is 0 Å². The zero-order chi connectivity index (χ0) is 26.1. The van der Waals surface area contributed by atoms with E-state index in [1.54, 1.807) is 42.5 Å². The molecule has 1 atom stereocenters. The van der Waals surface area contributed by atoms with Gasteiger partial charge in [-0.15, -0.1) is 0 Å². The van der Waals surface area contributed by atoms with E-state index >= 15 is 0 Å². The summed E-state index contributed by atoms with van der Waals surface area (Å²) in [5.41, 5.74) is 1.47. The maximum absolute atomic E-state index is 12.9. The number of imide groups is 1. The zero-order valence-electron chi connectivity index (χ0n) is 19.8. The summed E-state index contributed by atoms with van der Waals surface area (Å²) >= 11 is 12.2. The van der Waals surface area contributed by atoms with E-state index in [0.717, 1.165) is 12.8 Å². The molecule has 8 nitrogen and oxygen atoms in total. The molecule has 2 heterocycles. The van der Waals surface area contributed by atoms with Crippen LogP contribution in [-0.2, 0) is 4.74 Å². The summed E-state index contributed by atoms with van der Waals surface area (Å²) in [5, 5.41) is 3.23. The van der Waals surface area contributed by atoms with E-state index in [2.05, 4.69) is 5.32 Å². The van der Waals surface area contributed by atoms with Gasteiger partial charge in [-0.1, -0.05) is 23.2 Å². The molecule has 0 aromatic heterocycles. The Morgan fingerprint density at radius 3 is 2.32 bits per heavy atom. The molecule has 190 valence electrons. The number of carbonyl (C=O) groups excluding carboxylic acids is 3. The molecule has 0 spiro atoms. The number of nitrogens with zero attached hydrogens (tertiary/aromatic N) is 1. The quantitative estimate of drug-likeness (QED) is 0.379. The fourth-order valence-corrected chi connectivity index (χ4v) is 4.96. The molecule has 10 heteroatoms. The molecule has 2 aliphatic heterocycles. The molecule has 3 amide bonds. The van der Waals surface area contributed by atoms with Gasteiger partial charge in [-0.25, -0.2) is 0 Å². The molecular formula is C27H22Cl2N2O6. The first-order valence-electron chi connectivity index (χ1n) is 11.6. The van der Waals surface area contributed by atoms with Gasteiger partial charge in [0.05, 0.1) is 40.9 Å². The van der Waals surface area contributed by atoms with Crippen molar-refractivity contribution in [3.05, 3.63) is 81.3 Å². The van der Waals surface area contributed by atoms with Crippen LogP contribution in [0.5, 0.6) is 17.2 Å². The number of halogens is 2. The number of hydrogen-bond donors (Lipinski definition) is 1. The number of fused-ring (bicyclic) bond motifs is 1. The molecule has 0 aliphatic carbocycles. The average Bonchev–Trinajstić information content (AvgIpc) is 3.48. The summed E-state index contributed by atoms with van der Waals surface area (Å²) < 4.78 is 16.6. The Hall–Kier alpha value is -3.59. The van der Waals surface area contributed by atoms with Gasteiger partial charge in [0.25, 0.3) is 17.7 Å². The van der Waals surface area contributed by atoms with Crippen molar-refractivity contribution in [2.45, 2.75) is 18.9 Å². The molecule has 1 saturated heterocycles.